The molecule has 0 aromatic heterocycles. The predicted molar refractivity (Wildman–Crippen MR) is 31.1 cm³/mol. The summed E-state index contributed by atoms with van der Waals surface area (Å²) in [6.07, 6.45) is 4.49. The van der Waals surface area contributed by atoms with Crippen LogP contribution in [0.15, 0.2) is 9.98 Å². The molecule has 1 heterocycles. The van der Waals surface area contributed by atoms with Gasteiger partial charge in [0.1, 0.15) is 6.34 Å². The van der Waals surface area contributed by atoms with Crippen LogP contribution in [-0.2, 0) is 0 Å². The zero-order valence-electron chi connectivity index (χ0n) is 4.33. The lowest BCUT2D eigenvalue weighted by Crippen LogP contribution is -2.01. The van der Waals surface area contributed by atoms with Gasteiger partial charge >= 0.3 is 0 Å². The fourth-order valence-electron chi connectivity index (χ4n) is 0.474. The van der Waals surface area contributed by atoms with Crippen molar-refractivity contribution in [2.24, 2.45) is 9.98 Å². The van der Waals surface area contributed by atoms with Gasteiger partial charge in [0.15, 0.2) is 0 Å². The van der Waals surface area contributed by atoms with Gasteiger partial charge in [-0.1, -0.05) is 0 Å². The summed E-state index contributed by atoms with van der Waals surface area (Å²) in [6, 6.07) is 0.456. The highest BCUT2D eigenvalue weighted by Gasteiger charge is 1.95. The minimum Gasteiger partial charge on any atom is -0.270 e. The van der Waals surface area contributed by atoms with Gasteiger partial charge in [-0.3, -0.25) is 4.99 Å². The van der Waals surface area contributed by atoms with Gasteiger partial charge in [0.25, 0.3) is 0 Å². The van der Waals surface area contributed by atoms with E-state index in [0.717, 1.165) is 6.42 Å². The summed E-state index contributed by atoms with van der Waals surface area (Å²) in [5.74, 6) is 0. The average molecular weight is 96.1 g/mol. The quantitative estimate of drug-likeness (QED) is 0.427. The average Bonchev–Trinajstić information content (AvgIpc) is 1.69. The van der Waals surface area contributed by atoms with Crippen molar-refractivity contribution < 1.29 is 0 Å². The molecule has 0 saturated heterocycles. The molecule has 1 aliphatic rings. The van der Waals surface area contributed by atoms with Crippen molar-refractivity contribution in [2.75, 3.05) is 0 Å². The lowest BCUT2D eigenvalue weighted by atomic mass is 10.2. The van der Waals surface area contributed by atoms with Gasteiger partial charge in [-0.15, -0.1) is 0 Å². The fraction of sp³-hybridized carbons (Fsp3) is 0.600. The molecule has 0 aromatic carbocycles. The van der Waals surface area contributed by atoms with E-state index in [2.05, 4.69) is 16.9 Å². The third-order valence-electron chi connectivity index (χ3n) is 0.940. The molecular weight excluding hydrogens is 88.1 g/mol. The first-order valence-electron chi connectivity index (χ1n) is 2.43. The van der Waals surface area contributed by atoms with Crippen molar-refractivity contribution in [2.45, 2.75) is 19.4 Å². The molecule has 1 atom stereocenters. The molecule has 0 N–H and O–H groups in total. The topological polar surface area (TPSA) is 24.7 Å². The summed E-state index contributed by atoms with van der Waals surface area (Å²) in [4.78, 5) is 7.82. The number of aliphatic imine (C=N–C) groups is 2. The number of rotatable bonds is 0. The lowest BCUT2D eigenvalue weighted by molar-refractivity contribution is 0.783. The minimum absolute atomic E-state index is 0.456. The third kappa shape index (κ3) is 1.11. The van der Waals surface area contributed by atoms with Crippen LogP contribution in [0, 0.1) is 0 Å². The van der Waals surface area contributed by atoms with E-state index < -0.39 is 0 Å². The molecule has 2 heteroatoms. The molecule has 0 radical (unpaired) electrons. The molecule has 1 rings (SSSR count). The molecule has 1 aliphatic heterocycles. The van der Waals surface area contributed by atoms with E-state index in [4.69, 9.17) is 0 Å². The standard InChI is InChI=1S/C5H8N2/c1-5-2-3-6-4-7-5/h3-5H,2H2,1H3. The molecule has 7 heavy (non-hydrogen) atoms. The summed E-state index contributed by atoms with van der Waals surface area (Å²) < 4.78 is 0. The number of nitrogens with zero attached hydrogens (tertiary/aromatic N) is 2. The van der Waals surface area contributed by atoms with Crippen LogP contribution in [0.2, 0.25) is 0 Å². The molecule has 0 bridgehead atoms. The van der Waals surface area contributed by atoms with Gasteiger partial charge < -0.3 is 0 Å². The maximum Gasteiger partial charge on any atom is 0.109 e. The van der Waals surface area contributed by atoms with E-state index in [1.807, 2.05) is 6.21 Å². The van der Waals surface area contributed by atoms with Crippen LogP contribution < -0.4 is 0 Å². The molecule has 38 valence electrons. The summed E-state index contributed by atoms with van der Waals surface area (Å²) in [6.45, 7) is 2.07. The van der Waals surface area contributed by atoms with Crippen LogP contribution in [0.4, 0.5) is 0 Å². The molecule has 0 fully saturated rings. The predicted octanol–water partition coefficient (Wildman–Crippen LogP) is 0.878. The highest BCUT2D eigenvalue weighted by Crippen LogP contribution is 1.95. The van der Waals surface area contributed by atoms with Crippen LogP contribution in [0.1, 0.15) is 13.3 Å². The molecule has 0 spiro atoms. The Labute approximate surface area is 43.0 Å². The molecule has 2 nitrogen and oxygen atoms in total. The molecule has 1 unspecified atom stereocenters. The first-order chi connectivity index (χ1) is 3.39. The Hall–Kier alpha value is -0.660. The van der Waals surface area contributed by atoms with E-state index in [1.165, 1.54) is 0 Å². The van der Waals surface area contributed by atoms with E-state index in [9.17, 15) is 0 Å². The summed E-state index contributed by atoms with van der Waals surface area (Å²) in [7, 11) is 0. The minimum atomic E-state index is 0.456. The van der Waals surface area contributed by atoms with Crippen molar-refractivity contribution in [3.05, 3.63) is 0 Å². The molecule has 0 saturated carbocycles. The van der Waals surface area contributed by atoms with E-state index in [0.29, 0.717) is 6.04 Å². The summed E-state index contributed by atoms with van der Waals surface area (Å²) in [5.41, 5.74) is 0. The van der Waals surface area contributed by atoms with E-state index >= 15 is 0 Å². The Morgan fingerprint density at radius 3 is 2.86 bits per heavy atom. The highest BCUT2D eigenvalue weighted by molar-refractivity contribution is 5.74. The summed E-state index contributed by atoms with van der Waals surface area (Å²) >= 11 is 0. The van der Waals surface area contributed by atoms with E-state index in [-0.39, 0.29) is 0 Å². The van der Waals surface area contributed by atoms with Gasteiger partial charge in [-0.2, -0.15) is 0 Å². The Balaban J connectivity index is 2.49. The third-order valence-corrected chi connectivity index (χ3v) is 0.940. The second kappa shape index (κ2) is 1.87. The van der Waals surface area contributed by atoms with Gasteiger partial charge in [0.05, 0.1) is 6.04 Å². The maximum absolute atomic E-state index is 4.01. The van der Waals surface area contributed by atoms with E-state index in [1.54, 1.807) is 6.34 Å². The highest BCUT2D eigenvalue weighted by atomic mass is 14.9. The van der Waals surface area contributed by atoms with Gasteiger partial charge in [-0.25, -0.2) is 4.99 Å². The van der Waals surface area contributed by atoms with Crippen molar-refractivity contribution in [3.63, 3.8) is 0 Å². The second-order valence-corrected chi connectivity index (χ2v) is 1.68. The molecule has 0 amide bonds. The van der Waals surface area contributed by atoms with Crippen molar-refractivity contribution >= 4 is 12.6 Å². The lowest BCUT2D eigenvalue weighted by Gasteiger charge is -2.01. The largest absolute Gasteiger partial charge is 0.270 e. The smallest absolute Gasteiger partial charge is 0.109 e. The van der Waals surface area contributed by atoms with Gasteiger partial charge in [-0.05, 0) is 6.92 Å². The van der Waals surface area contributed by atoms with Gasteiger partial charge in [0.2, 0.25) is 0 Å². The van der Waals surface area contributed by atoms with Crippen LogP contribution in [0.5, 0.6) is 0 Å². The van der Waals surface area contributed by atoms with Gasteiger partial charge in [0, 0.05) is 12.6 Å². The number of hydrogen-bond acceptors (Lipinski definition) is 2. The first kappa shape index (κ1) is 4.50. The van der Waals surface area contributed by atoms with Crippen LogP contribution in [0.3, 0.4) is 0 Å². The fourth-order valence-corrected chi connectivity index (χ4v) is 0.474. The normalized spacial score (nSPS) is 28.4. The summed E-state index contributed by atoms with van der Waals surface area (Å²) in [5, 5.41) is 0. The maximum atomic E-state index is 4.01. The zero-order chi connectivity index (χ0) is 5.11. The molecule has 0 aromatic rings. The van der Waals surface area contributed by atoms with Crippen molar-refractivity contribution in [3.8, 4) is 0 Å². The monoisotopic (exact) mass is 96.1 g/mol. The number of hydrogen-bond donors (Lipinski definition) is 0. The first-order valence-corrected chi connectivity index (χ1v) is 2.43. The van der Waals surface area contributed by atoms with Crippen LogP contribution >= 0.6 is 0 Å². The molecular formula is C5H8N2. The van der Waals surface area contributed by atoms with Crippen molar-refractivity contribution in [1.82, 2.24) is 0 Å². The molecule has 0 aliphatic carbocycles. The second-order valence-electron chi connectivity index (χ2n) is 1.68. The Kier molecular flexibility index (Phi) is 1.20. The van der Waals surface area contributed by atoms with Crippen LogP contribution in [0.25, 0.3) is 0 Å². The Bertz CT molecular complexity index is 105. The van der Waals surface area contributed by atoms with Crippen molar-refractivity contribution in [1.29, 1.82) is 0 Å². The van der Waals surface area contributed by atoms with Crippen LogP contribution in [-0.4, -0.2) is 18.6 Å². The Morgan fingerprint density at radius 2 is 2.57 bits per heavy atom. The zero-order valence-corrected chi connectivity index (χ0v) is 4.33. The Morgan fingerprint density at radius 1 is 1.71 bits per heavy atom. The SMILES string of the molecule is CC1CC=NC=N1.